The fraction of sp³-hybridized carbons (Fsp3) is 0.789. The van der Waals surface area contributed by atoms with Gasteiger partial charge in [-0.15, -0.1) is 0 Å². The first-order valence-corrected chi connectivity index (χ1v) is 11.2. The molecule has 0 bridgehead atoms. The van der Waals surface area contributed by atoms with E-state index in [2.05, 4.69) is 48.1 Å². The van der Waals surface area contributed by atoms with E-state index in [-0.39, 0.29) is 10.8 Å². The summed E-state index contributed by atoms with van der Waals surface area (Å²) in [4.78, 5) is 11.7. The highest BCUT2D eigenvalue weighted by atomic mass is 28.4. The molecule has 0 fully saturated rings. The second kappa shape index (κ2) is 7.42. The molecule has 0 aliphatic heterocycles. The van der Waals surface area contributed by atoms with Gasteiger partial charge in [-0.2, -0.15) is 0 Å². The second-order valence-electron chi connectivity index (χ2n) is 8.47. The molecule has 5 heteroatoms. The van der Waals surface area contributed by atoms with Gasteiger partial charge in [-0.1, -0.05) is 53.7 Å². The number of hydrogen-bond donors (Lipinski definition) is 0. The van der Waals surface area contributed by atoms with Gasteiger partial charge in [-0.05, 0) is 36.0 Å². The van der Waals surface area contributed by atoms with E-state index in [1.165, 1.54) is 0 Å². The van der Waals surface area contributed by atoms with Crippen molar-refractivity contribution in [3.63, 3.8) is 0 Å². The van der Waals surface area contributed by atoms with E-state index < -0.39 is 13.9 Å². The SMILES string of the molecule is C=C(C)[C@H]1C=C(O[Si](C(C)C)(C(C)C)C(C)C)C(C)([N+](=O)[O-])CC1. The molecular weight excluding hydrogens is 318 g/mol. The maximum absolute atomic E-state index is 11.8. The third-order valence-electron chi connectivity index (χ3n) is 5.86. The molecule has 0 aromatic heterocycles. The molecule has 0 aromatic carbocycles. The third-order valence-corrected chi connectivity index (χ3v) is 11.8. The van der Waals surface area contributed by atoms with Crippen molar-refractivity contribution in [3.8, 4) is 0 Å². The van der Waals surface area contributed by atoms with Crippen molar-refractivity contribution in [1.82, 2.24) is 0 Å². The van der Waals surface area contributed by atoms with Crippen LogP contribution in [0.15, 0.2) is 24.0 Å². The predicted octanol–water partition coefficient (Wildman–Crippen LogP) is 6.08. The van der Waals surface area contributed by atoms with Crippen LogP contribution in [0.3, 0.4) is 0 Å². The Morgan fingerprint density at radius 3 is 2.08 bits per heavy atom. The standard InChI is InChI=1S/C19H35NO3Si/c1-13(2)17-10-11-19(9,20(21)22)18(12-17)23-24(14(3)4,15(5)6)16(7)8/h12,14-17H,1,10-11H2,2-9H3/t17-,19?/m1/s1. The Bertz CT molecular complexity index is 503. The molecule has 0 radical (unpaired) electrons. The molecular formula is C19H35NO3Si. The van der Waals surface area contributed by atoms with Crippen LogP contribution >= 0.6 is 0 Å². The maximum Gasteiger partial charge on any atom is 0.273 e. The van der Waals surface area contributed by atoms with Crippen LogP contribution in [-0.4, -0.2) is 18.8 Å². The van der Waals surface area contributed by atoms with Crippen LogP contribution in [0.5, 0.6) is 0 Å². The Balaban J connectivity index is 3.44. The summed E-state index contributed by atoms with van der Waals surface area (Å²) in [5.74, 6) is 0.751. The number of nitrogens with zero attached hydrogens (tertiary/aromatic N) is 1. The van der Waals surface area contributed by atoms with E-state index in [9.17, 15) is 10.1 Å². The molecule has 1 aliphatic carbocycles. The molecule has 2 atom stereocenters. The fourth-order valence-corrected chi connectivity index (χ4v) is 9.64. The molecule has 138 valence electrons. The molecule has 0 heterocycles. The minimum atomic E-state index is -2.22. The highest BCUT2D eigenvalue weighted by molar-refractivity contribution is 6.77. The summed E-state index contributed by atoms with van der Waals surface area (Å²) in [5, 5.41) is 11.8. The smallest absolute Gasteiger partial charge is 0.273 e. The molecule has 0 saturated carbocycles. The van der Waals surface area contributed by atoms with Gasteiger partial charge in [0.15, 0.2) is 5.76 Å². The van der Waals surface area contributed by atoms with Gasteiger partial charge in [-0.3, -0.25) is 10.1 Å². The lowest BCUT2D eigenvalue weighted by Gasteiger charge is -2.45. The quantitative estimate of drug-likeness (QED) is 0.241. The van der Waals surface area contributed by atoms with Crippen LogP contribution in [0.25, 0.3) is 0 Å². The second-order valence-corrected chi connectivity index (χ2v) is 13.8. The lowest BCUT2D eigenvalue weighted by Crippen LogP contribution is -2.52. The molecule has 1 unspecified atom stereocenters. The largest absolute Gasteiger partial charge is 0.541 e. The zero-order valence-corrected chi connectivity index (χ0v) is 17.7. The van der Waals surface area contributed by atoms with Crippen molar-refractivity contribution in [2.24, 2.45) is 5.92 Å². The lowest BCUT2D eigenvalue weighted by molar-refractivity contribution is -0.560. The topological polar surface area (TPSA) is 52.4 Å². The first kappa shape index (κ1) is 20.9. The van der Waals surface area contributed by atoms with Gasteiger partial charge < -0.3 is 4.43 Å². The third kappa shape index (κ3) is 3.61. The summed E-state index contributed by atoms with van der Waals surface area (Å²) in [7, 11) is -2.22. The maximum atomic E-state index is 11.8. The van der Waals surface area contributed by atoms with Gasteiger partial charge in [0.1, 0.15) is 0 Å². The molecule has 0 amide bonds. The van der Waals surface area contributed by atoms with Gasteiger partial charge in [0.2, 0.25) is 0 Å². The average Bonchev–Trinajstić information content (AvgIpc) is 2.44. The molecule has 0 saturated heterocycles. The summed E-state index contributed by atoms with van der Waals surface area (Å²) in [6.45, 7) is 21.0. The summed E-state index contributed by atoms with van der Waals surface area (Å²) in [6, 6.07) is 0. The minimum Gasteiger partial charge on any atom is -0.541 e. The lowest BCUT2D eigenvalue weighted by atomic mass is 9.80. The van der Waals surface area contributed by atoms with E-state index in [1.54, 1.807) is 6.92 Å². The minimum absolute atomic E-state index is 0.159. The van der Waals surface area contributed by atoms with Gasteiger partial charge in [0, 0.05) is 24.2 Å². The molecule has 24 heavy (non-hydrogen) atoms. The molecule has 4 nitrogen and oxygen atoms in total. The fourth-order valence-electron chi connectivity index (χ4n) is 4.26. The Hall–Kier alpha value is -1.10. The van der Waals surface area contributed by atoms with E-state index in [4.69, 9.17) is 4.43 Å². The van der Waals surface area contributed by atoms with E-state index in [0.717, 1.165) is 12.0 Å². The number of rotatable bonds is 7. The first-order chi connectivity index (χ1) is 10.9. The zero-order valence-electron chi connectivity index (χ0n) is 16.7. The van der Waals surface area contributed by atoms with E-state index in [1.807, 2.05) is 13.0 Å². The van der Waals surface area contributed by atoms with Crippen LogP contribution in [0.4, 0.5) is 0 Å². The molecule has 0 N–H and O–H groups in total. The molecule has 0 spiro atoms. The first-order valence-electron chi connectivity index (χ1n) is 9.10. The summed E-state index contributed by atoms with van der Waals surface area (Å²) in [6.07, 6.45) is 3.25. The Morgan fingerprint density at radius 1 is 1.29 bits per heavy atom. The predicted molar refractivity (Wildman–Crippen MR) is 103 cm³/mol. The molecule has 1 rings (SSSR count). The van der Waals surface area contributed by atoms with Crippen LogP contribution in [0, 0.1) is 16.0 Å². The average molecular weight is 354 g/mol. The summed E-state index contributed by atoms with van der Waals surface area (Å²) < 4.78 is 6.74. The van der Waals surface area contributed by atoms with Gasteiger partial charge in [0.05, 0.1) is 0 Å². The monoisotopic (exact) mass is 353 g/mol. The Kier molecular flexibility index (Phi) is 6.47. The van der Waals surface area contributed by atoms with E-state index in [0.29, 0.717) is 28.8 Å². The zero-order chi connectivity index (χ0) is 18.9. The van der Waals surface area contributed by atoms with Gasteiger partial charge >= 0.3 is 0 Å². The molecule has 0 aromatic rings. The van der Waals surface area contributed by atoms with Crippen LogP contribution in [0.1, 0.15) is 68.2 Å². The van der Waals surface area contributed by atoms with Crippen molar-refractivity contribution in [2.75, 3.05) is 0 Å². The summed E-state index contributed by atoms with van der Waals surface area (Å²) in [5.41, 5.74) is 1.09. The Labute approximate surface area is 148 Å². The van der Waals surface area contributed by atoms with Crippen LogP contribution in [-0.2, 0) is 4.43 Å². The van der Waals surface area contributed by atoms with Crippen molar-refractivity contribution < 1.29 is 9.35 Å². The van der Waals surface area contributed by atoms with Crippen molar-refractivity contribution >= 4 is 8.32 Å². The highest BCUT2D eigenvalue weighted by Crippen LogP contribution is 2.47. The normalized spacial score (nSPS) is 25.1. The number of hydrogen-bond acceptors (Lipinski definition) is 3. The van der Waals surface area contributed by atoms with Crippen LogP contribution < -0.4 is 0 Å². The number of allylic oxidation sites excluding steroid dienone is 2. The van der Waals surface area contributed by atoms with Gasteiger partial charge in [0.25, 0.3) is 13.9 Å². The molecule has 1 aliphatic rings. The van der Waals surface area contributed by atoms with Crippen molar-refractivity contribution in [2.45, 2.75) is 90.4 Å². The highest BCUT2D eigenvalue weighted by Gasteiger charge is 2.53. The van der Waals surface area contributed by atoms with E-state index >= 15 is 0 Å². The Morgan fingerprint density at radius 2 is 1.75 bits per heavy atom. The summed E-state index contributed by atoms with van der Waals surface area (Å²) >= 11 is 0. The van der Waals surface area contributed by atoms with Crippen LogP contribution in [0.2, 0.25) is 16.6 Å². The van der Waals surface area contributed by atoms with Crippen molar-refractivity contribution in [3.05, 3.63) is 34.1 Å². The number of nitro groups is 1. The van der Waals surface area contributed by atoms with Crippen molar-refractivity contribution in [1.29, 1.82) is 0 Å². The van der Waals surface area contributed by atoms with Gasteiger partial charge in [-0.25, -0.2) is 0 Å².